The maximum absolute atomic E-state index is 5.77. The van der Waals surface area contributed by atoms with Gasteiger partial charge in [-0.3, -0.25) is 0 Å². The van der Waals surface area contributed by atoms with E-state index in [2.05, 4.69) is 49.2 Å². The molecule has 3 aromatic rings. The molecule has 0 spiro atoms. The van der Waals surface area contributed by atoms with Gasteiger partial charge in [-0.15, -0.1) is 0 Å². The highest BCUT2D eigenvalue weighted by atomic mass is 32.2. The number of aromatic nitrogens is 2. The van der Waals surface area contributed by atoms with Crippen molar-refractivity contribution in [3.63, 3.8) is 0 Å². The van der Waals surface area contributed by atoms with Crippen molar-refractivity contribution >= 4 is 28.1 Å². The van der Waals surface area contributed by atoms with Gasteiger partial charge in [-0.2, -0.15) is 0 Å². The van der Waals surface area contributed by atoms with Gasteiger partial charge in [-0.1, -0.05) is 68.2 Å². The largest absolute Gasteiger partial charge is 0.399 e. The second kappa shape index (κ2) is 9.06. The zero-order valence-corrected chi connectivity index (χ0v) is 19.2. The van der Waals surface area contributed by atoms with Gasteiger partial charge in [0.25, 0.3) is 0 Å². The van der Waals surface area contributed by atoms with Crippen molar-refractivity contribution in [2.75, 3.05) is 18.0 Å². The highest BCUT2D eigenvalue weighted by molar-refractivity contribution is 8.08. The van der Waals surface area contributed by atoms with E-state index in [0.29, 0.717) is 5.70 Å². The Kier molecular flexibility index (Phi) is 6.23. The molecule has 5 heteroatoms. The molecule has 0 radical (unpaired) electrons. The van der Waals surface area contributed by atoms with Crippen LogP contribution in [0.15, 0.2) is 73.0 Å². The number of piperidine rings is 1. The number of aryl methyl sites for hydroxylation is 1. The number of thioether (sulfide) groups is 1. The minimum absolute atomic E-state index is 0.570. The third-order valence-corrected chi connectivity index (χ3v) is 6.98. The average molecular weight is 431 g/mol. The van der Waals surface area contributed by atoms with E-state index in [1.807, 2.05) is 42.1 Å². The first-order valence-corrected chi connectivity index (χ1v) is 11.5. The fraction of sp³-hybridized carbons (Fsp3) is 0.269. The predicted octanol–water partition coefficient (Wildman–Crippen LogP) is 6.02. The van der Waals surface area contributed by atoms with Crippen LogP contribution in [0.5, 0.6) is 0 Å². The monoisotopic (exact) mass is 430 g/mol. The van der Waals surface area contributed by atoms with Crippen molar-refractivity contribution in [3.8, 4) is 11.3 Å². The number of nitrogens with two attached hydrogens (primary N) is 1. The van der Waals surface area contributed by atoms with Crippen LogP contribution in [0.3, 0.4) is 0 Å². The molecule has 1 aromatic heterocycles. The van der Waals surface area contributed by atoms with Gasteiger partial charge in [0, 0.05) is 48.2 Å². The zero-order valence-electron chi connectivity index (χ0n) is 18.3. The normalized spacial score (nSPS) is 14.6. The van der Waals surface area contributed by atoms with Crippen LogP contribution < -0.4 is 10.6 Å². The number of imidazole rings is 1. The summed E-state index contributed by atoms with van der Waals surface area (Å²) in [6.45, 7) is 12.7. The highest BCUT2D eigenvalue weighted by Gasteiger charge is 2.16. The molecule has 1 aliphatic heterocycles. The molecule has 160 valence electrons. The molecule has 2 N–H and O–H groups in total. The van der Waals surface area contributed by atoms with E-state index in [1.54, 1.807) is 11.8 Å². The average Bonchev–Trinajstić information content (AvgIpc) is 3.14. The standard InChI is InChI=1S/C26H30N4S/c1-18-13-15-30(16-14-18)24-11-9-22(10-12-24)20(3)31-26-28-25(17-29(26)4)23-7-5-21(6-8-23)19(2)27/h5-12,17-18H,2-3,13-16,27H2,1,4H3. The highest BCUT2D eigenvalue weighted by Crippen LogP contribution is 2.34. The SMILES string of the molecule is C=C(N)c1ccc(-c2cn(C)c(SC(=C)c3ccc(N4CCC(C)CC4)cc3)n2)cc1. The first-order chi connectivity index (χ1) is 14.9. The molecule has 4 rings (SSSR count). The maximum atomic E-state index is 5.77. The van der Waals surface area contributed by atoms with Crippen LogP contribution in [0.1, 0.15) is 30.9 Å². The molecule has 2 heterocycles. The minimum atomic E-state index is 0.570. The first-order valence-electron chi connectivity index (χ1n) is 10.7. The molecule has 4 nitrogen and oxygen atoms in total. The van der Waals surface area contributed by atoms with Crippen LogP contribution in [0, 0.1) is 5.92 Å². The summed E-state index contributed by atoms with van der Waals surface area (Å²) in [4.78, 5) is 8.30. The van der Waals surface area contributed by atoms with Crippen molar-refractivity contribution in [1.29, 1.82) is 0 Å². The molecule has 0 aliphatic carbocycles. The smallest absolute Gasteiger partial charge is 0.173 e. The molecule has 1 aliphatic rings. The second-order valence-electron chi connectivity index (χ2n) is 8.36. The summed E-state index contributed by atoms with van der Waals surface area (Å²) < 4.78 is 2.05. The van der Waals surface area contributed by atoms with Crippen LogP contribution >= 0.6 is 11.8 Å². The molecule has 0 amide bonds. The minimum Gasteiger partial charge on any atom is -0.399 e. The van der Waals surface area contributed by atoms with E-state index >= 15 is 0 Å². The van der Waals surface area contributed by atoms with Crippen LogP contribution in [-0.4, -0.2) is 22.6 Å². The summed E-state index contributed by atoms with van der Waals surface area (Å²) in [5, 5.41) is 0.918. The summed E-state index contributed by atoms with van der Waals surface area (Å²) in [5.41, 5.74) is 11.7. The second-order valence-corrected chi connectivity index (χ2v) is 9.43. The van der Waals surface area contributed by atoms with E-state index in [4.69, 9.17) is 10.7 Å². The number of anilines is 1. The van der Waals surface area contributed by atoms with Gasteiger partial charge in [0.15, 0.2) is 5.16 Å². The Labute approximate surface area is 189 Å². The van der Waals surface area contributed by atoms with Crippen LogP contribution in [-0.2, 0) is 7.05 Å². The van der Waals surface area contributed by atoms with Crippen molar-refractivity contribution in [3.05, 3.63) is 79.0 Å². The zero-order chi connectivity index (χ0) is 22.0. The Morgan fingerprint density at radius 3 is 2.23 bits per heavy atom. The van der Waals surface area contributed by atoms with Crippen molar-refractivity contribution < 1.29 is 0 Å². The molecule has 0 unspecified atom stereocenters. The lowest BCUT2D eigenvalue weighted by molar-refractivity contribution is 0.438. The molecule has 31 heavy (non-hydrogen) atoms. The van der Waals surface area contributed by atoms with E-state index in [0.717, 1.165) is 51.5 Å². The summed E-state index contributed by atoms with van der Waals surface area (Å²) in [6.07, 6.45) is 4.59. The lowest BCUT2D eigenvalue weighted by Crippen LogP contribution is -2.32. The summed E-state index contributed by atoms with van der Waals surface area (Å²) in [7, 11) is 2.02. The molecule has 1 saturated heterocycles. The number of nitrogens with zero attached hydrogens (tertiary/aromatic N) is 3. The van der Waals surface area contributed by atoms with Gasteiger partial charge in [-0.25, -0.2) is 4.98 Å². The third kappa shape index (κ3) is 4.88. The molecule has 0 bridgehead atoms. The predicted molar refractivity (Wildman–Crippen MR) is 134 cm³/mol. The van der Waals surface area contributed by atoms with Gasteiger partial charge in [0.1, 0.15) is 0 Å². The molecular weight excluding hydrogens is 400 g/mol. The van der Waals surface area contributed by atoms with Gasteiger partial charge in [0.2, 0.25) is 0 Å². The van der Waals surface area contributed by atoms with E-state index in [1.165, 1.54) is 18.5 Å². The van der Waals surface area contributed by atoms with Gasteiger partial charge in [0.05, 0.1) is 5.69 Å². The fourth-order valence-corrected chi connectivity index (χ4v) is 4.65. The van der Waals surface area contributed by atoms with Crippen LogP contribution in [0.2, 0.25) is 0 Å². The maximum Gasteiger partial charge on any atom is 0.173 e. The van der Waals surface area contributed by atoms with E-state index < -0.39 is 0 Å². The molecular formula is C26H30N4S. The topological polar surface area (TPSA) is 47.1 Å². The molecule has 0 atom stereocenters. The van der Waals surface area contributed by atoms with Crippen LogP contribution in [0.25, 0.3) is 21.9 Å². The Morgan fingerprint density at radius 2 is 1.61 bits per heavy atom. The number of rotatable bonds is 6. The molecule has 2 aromatic carbocycles. The number of benzene rings is 2. The Hall–Kier alpha value is -2.92. The Morgan fingerprint density at radius 1 is 1.00 bits per heavy atom. The van der Waals surface area contributed by atoms with Crippen molar-refractivity contribution in [1.82, 2.24) is 9.55 Å². The van der Waals surface area contributed by atoms with Gasteiger partial charge in [-0.05, 0) is 42.0 Å². The lowest BCUT2D eigenvalue weighted by Gasteiger charge is -2.32. The lowest BCUT2D eigenvalue weighted by atomic mass is 9.99. The Balaban J connectivity index is 1.44. The summed E-state index contributed by atoms with van der Waals surface area (Å²) in [5.74, 6) is 0.840. The first kappa shape index (κ1) is 21.3. The van der Waals surface area contributed by atoms with E-state index in [-0.39, 0.29) is 0 Å². The molecule has 1 fully saturated rings. The van der Waals surface area contributed by atoms with Gasteiger partial charge < -0.3 is 15.2 Å². The van der Waals surface area contributed by atoms with Crippen LogP contribution in [0.4, 0.5) is 5.69 Å². The quantitative estimate of drug-likeness (QED) is 0.486. The number of hydrogen-bond acceptors (Lipinski definition) is 4. The third-order valence-electron chi connectivity index (χ3n) is 5.94. The summed E-state index contributed by atoms with van der Waals surface area (Å²) >= 11 is 1.60. The van der Waals surface area contributed by atoms with Gasteiger partial charge >= 0.3 is 0 Å². The van der Waals surface area contributed by atoms with Crippen molar-refractivity contribution in [2.24, 2.45) is 18.7 Å². The van der Waals surface area contributed by atoms with Crippen molar-refractivity contribution in [2.45, 2.75) is 24.9 Å². The van der Waals surface area contributed by atoms with E-state index in [9.17, 15) is 0 Å². The Bertz CT molecular complexity index is 1070. The fourth-order valence-electron chi connectivity index (χ4n) is 3.83. The summed E-state index contributed by atoms with van der Waals surface area (Å²) in [6, 6.07) is 16.8. The number of hydrogen-bond donors (Lipinski definition) is 1. The molecule has 0 saturated carbocycles.